The Morgan fingerprint density at radius 1 is 1.14 bits per heavy atom. The summed E-state index contributed by atoms with van der Waals surface area (Å²) >= 11 is 0. The normalized spacial score (nSPS) is 10.9. The van der Waals surface area contributed by atoms with Crippen LogP contribution >= 0.6 is 0 Å². The highest BCUT2D eigenvalue weighted by Crippen LogP contribution is 2.27. The Morgan fingerprint density at radius 3 is 2.43 bits per heavy atom. The summed E-state index contributed by atoms with van der Waals surface area (Å²) in [4.78, 5) is -0.145. The highest BCUT2D eigenvalue weighted by Gasteiger charge is 2.12. The van der Waals surface area contributed by atoms with Crippen LogP contribution in [0.1, 0.15) is 5.56 Å². The monoisotopic (exact) mass is 306 g/mol. The van der Waals surface area contributed by atoms with E-state index in [9.17, 15) is 12.8 Å². The number of rotatable bonds is 3. The maximum absolute atomic E-state index is 13.8. The molecule has 0 spiro atoms. The molecule has 21 heavy (non-hydrogen) atoms. The molecule has 0 unspecified atom stereocenters. The zero-order chi connectivity index (χ0) is 15.6. The van der Waals surface area contributed by atoms with Gasteiger partial charge in [-0.25, -0.2) is 17.9 Å². The van der Waals surface area contributed by atoms with E-state index in [1.54, 1.807) is 0 Å². The van der Waals surface area contributed by atoms with Gasteiger partial charge in [0.2, 0.25) is 10.0 Å². The van der Waals surface area contributed by atoms with Gasteiger partial charge in [-0.05, 0) is 36.4 Å². The minimum atomic E-state index is -3.89. The molecular formula is C13H11FN4O2S. The lowest BCUT2D eigenvalue weighted by Crippen LogP contribution is -2.12. The fourth-order valence-corrected chi connectivity index (χ4v) is 2.19. The van der Waals surface area contributed by atoms with Crippen LogP contribution < -0.4 is 16.2 Å². The first-order chi connectivity index (χ1) is 9.81. The van der Waals surface area contributed by atoms with Crippen molar-refractivity contribution in [2.75, 3.05) is 11.1 Å². The number of sulfonamides is 1. The number of nitrogens with two attached hydrogens (primary N) is 2. The molecule has 0 heterocycles. The third-order valence-electron chi connectivity index (χ3n) is 2.72. The number of nitriles is 1. The quantitative estimate of drug-likeness (QED) is 0.744. The van der Waals surface area contributed by atoms with Crippen LogP contribution in [0.25, 0.3) is 0 Å². The first kappa shape index (κ1) is 14.8. The maximum atomic E-state index is 13.8. The number of nitrogens with one attached hydrogen (secondary N) is 1. The highest BCUT2D eigenvalue weighted by molar-refractivity contribution is 7.89. The summed E-state index contributed by atoms with van der Waals surface area (Å²) in [5.74, 6) is -0.658. The molecule has 0 bridgehead atoms. The summed E-state index contributed by atoms with van der Waals surface area (Å²) in [6.07, 6.45) is 0. The molecule has 2 aromatic rings. The first-order valence-corrected chi connectivity index (χ1v) is 7.25. The molecule has 0 saturated carbocycles. The molecule has 0 aliphatic rings. The van der Waals surface area contributed by atoms with Gasteiger partial charge in [-0.3, -0.25) is 0 Å². The summed E-state index contributed by atoms with van der Waals surface area (Å²) in [5, 5.41) is 16.4. The van der Waals surface area contributed by atoms with Crippen molar-refractivity contribution in [3.05, 3.63) is 47.8 Å². The fourth-order valence-electron chi connectivity index (χ4n) is 1.65. The van der Waals surface area contributed by atoms with Gasteiger partial charge in [-0.1, -0.05) is 0 Å². The number of nitrogens with zero attached hydrogens (tertiary/aromatic N) is 1. The third kappa shape index (κ3) is 3.28. The van der Waals surface area contributed by atoms with E-state index in [1.807, 2.05) is 6.07 Å². The van der Waals surface area contributed by atoms with Gasteiger partial charge in [-0.15, -0.1) is 0 Å². The molecule has 2 aromatic carbocycles. The molecule has 6 nitrogen and oxygen atoms in total. The highest BCUT2D eigenvalue weighted by atomic mass is 32.2. The zero-order valence-corrected chi connectivity index (χ0v) is 11.5. The van der Waals surface area contributed by atoms with Crippen molar-refractivity contribution >= 4 is 27.1 Å². The number of benzene rings is 2. The molecule has 0 aliphatic carbocycles. The smallest absolute Gasteiger partial charge is 0.238 e. The van der Waals surface area contributed by atoms with Gasteiger partial charge < -0.3 is 11.1 Å². The van der Waals surface area contributed by atoms with Crippen molar-refractivity contribution in [2.24, 2.45) is 5.14 Å². The lowest BCUT2D eigenvalue weighted by atomic mass is 10.2. The Bertz CT molecular complexity index is 844. The Labute approximate surface area is 120 Å². The summed E-state index contributed by atoms with van der Waals surface area (Å²) in [6.45, 7) is 0. The summed E-state index contributed by atoms with van der Waals surface area (Å²) in [7, 11) is -3.89. The van der Waals surface area contributed by atoms with Crippen molar-refractivity contribution in [3.63, 3.8) is 0 Å². The minimum Gasteiger partial charge on any atom is -0.397 e. The van der Waals surface area contributed by atoms with Crippen molar-refractivity contribution in [3.8, 4) is 6.07 Å². The van der Waals surface area contributed by atoms with E-state index in [2.05, 4.69) is 5.32 Å². The van der Waals surface area contributed by atoms with E-state index in [0.717, 1.165) is 6.07 Å². The largest absolute Gasteiger partial charge is 0.397 e. The zero-order valence-electron chi connectivity index (χ0n) is 10.7. The van der Waals surface area contributed by atoms with Crippen LogP contribution in [0.2, 0.25) is 0 Å². The predicted octanol–water partition coefficient (Wildman–Crippen LogP) is 1.67. The average molecular weight is 306 g/mol. The average Bonchev–Trinajstić information content (AvgIpc) is 2.42. The standard InChI is InChI=1S/C13H11FN4O2S/c14-10-5-8(7-15)1-4-12(10)18-13-6-9(21(17,19)20)2-3-11(13)16/h1-6,18H,16H2,(H2,17,19,20). The molecule has 108 valence electrons. The third-order valence-corrected chi connectivity index (χ3v) is 3.63. The SMILES string of the molecule is N#Cc1ccc(Nc2cc(S(N)(=O)=O)ccc2N)c(F)c1. The number of nitrogen functional groups attached to an aromatic ring is 1. The molecule has 0 saturated heterocycles. The van der Waals surface area contributed by atoms with Gasteiger partial charge in [0.05, 0.1) is 33.6 Å². The van der Waals surface area contributed by atoms with E-state index in [4.69, 9.17) is 16.1 Å². The van der Waals surface area contributed by atoms with Crippen LogP contribution in [0.15, 0.2) is 41.3 Å². The van der Waals surface area contributed by atoms with Crippen LogP contribution in [-0.2, 0) is 10.0 Å². The maximum Gasteiger partial charge on any atom is 0.238 e. The van der Waals surface area contributed by atoms with Crippen LogP contribution in [0, 0.1) is 17.1 Å². The fraction of sp³-hybridized carbons (Fsp3) is 0. The van der Waals surface area contributed by atoms with Gasteiger partial charge in [0.1, 0.15) is 5.82 Å². The Balaban J connectivity index is 2.42. The lowest BCUT2D eigenvalue weighted by Gasteiger charge is -2.11. The second-order valence-electron chi connectivity index (χ2n) is 4.23. The number of halogens is 1. The molecule has 2 rings (SSSR count). The van der Waals surface area contributed by atoms with E-state index < -0.39 is 15.8 Å². The van der Waals surface area contributed by atoms with Crippen LogP contribution in [0.5, 0.6) is 0 Å². The molecular weight excluding hydrogens is 295 g/mol. The van der Waals surface area contributed by atoms with Gasteiger partial charge in [0.15, 0.2) is 0 Å². The number of primary sulfonamides is 1. The van der Waals surface area contributed by atoms with Gasteiger partial charge in [0.25, 0.3) is 0 Å². The second kappa shape index (κ2) is 5.40. The summed E-state index contributed by atoms with van der Waals surface area (Å²) in [6, 6.07) is 9.46. The molecule has 0 amide bonds. The lowest BCUT2D eigenvalue weighted by molar-refractivity contribution is 0.598. The van der Waals surface area contributed by atoms with Gasteiger partial charge >= 0.3 is 0 Å². The number of hydrogen-bond donors (Lipinski definition) is 3. The van der Waals surface area contributed by atoms with E-state index in [-0.39, 0.29) is 27.5 Å². The molecule has 5 N–H and O–H groups in total. The Morgan fingerprint density at radius 2 is 1.86 bits per heavy atom. The van der Waals surface area contributed by atoms with Gasteiger partial charge in [0, 0.05) is 0 Å². The molecule has 0 aliphatic heterocycles. The van der Waals surface area contributed by atoms with E-state index in [0.29, 0.717) is 0 Å². The van der Waals surface area contributed by atoms with Crippen molar-refractivity contribution in [1.82, 2.24) is 0 Å². The summed E-state index contributed by atoms with van der Waals surface area (Å²) < 4.78 is 36.4. The van der Waals surface area contributed by atoms with E-state index >= 15 is 0 Å². The Hall–Kier alpha value is -2.63. The van der Waals surface area contributed by atoms with Crippen LogP contribution in [-0.4, -0.2) is 8.42 Å². The van der Waals surface area contributed by atoms with Crippen LogP contribution in [0.4, 0.5) is 21.5 Å². The molecule has 0 radical (unpaired) electrons. The Kier molecular flexibility index (Phi) is 3.80. The predicted molar refractivity (Wildman–Crippen MR) is 76.6 cm³/mol. The van der Waals surface area contributed by atoms with Gasteiger partial charge in [-0.2, -0.15) is 5.26 Å². The number of hydrogen-bond acceptors (Lipinski definition) is 5. The van der Waals surface area contributed by atoms with Crippen molar-refractivity contribution in [1.29, 1.82) is 5.26 Å². The summed E-state index contributed by atoms with van der Waals surface area (Å²) in [5.41, 5.74) is 6.37. The second-order valence-corrected chi connectivity index (χ2v) is 5.79. The molecule has 0 atom stereocenters. The topological polar surface area (TPSA) is 122 Å². The molecule has 0 fully saturated rings. The van der Waals surface area contributed by atoms with Crippen molar-refractivity contribution in [2.45, 2.75) is 4.90 Å². The van der Waals surface area contributed by atoms with Crippen LogP contribution in [0.3, 0.4) is 0 Å². The molecule has 8 heteroatoms. The van der Waals surface area contributed by atoms with Crippen molar-refractivity contribution < 1.29 is 12.8 Å². The van der Waals surface area contributed by atoms with E-state index in [1.165, 1.54) is 30.3 Å². The molecule has 0 aromatic heterocycles. The minimum absolute atomic E-state index is 0.0623. The first-order valence-electron chi connectivity index (χ1n) is 5.70. The number of anilines is 3.